The zero-order valence-corrected chi connectivity index (χ0v) is 20.4. The summed E-state index contributed by atoms with van der Waals surface area (Å²) < 4.78 is 11.8. The van der Waals surface area contributed by atoms with E-state index in [2.05, 4.69) is 5.32 Å². The number of rotatable bonds is 9. The number of hydrogen-bond donors (Lipinski definition) is 1. The Hall–Kier alpha value is -3.46. The summed E-state index contributed by atoms with van der Waals surface area (Å²) in [4.78, 5) is 12.6. The highest BCUT2D eigenvalue weighted by atomic mass is 35.5. The minimum atomic E-state index is -0.508. The maximum absolute atomic E-state index is 12.6. The molecule has 34 heavy (non-hydrogen) atoms. The standard InChI is InChI=1S/C27H24Cl2N2O3/c1-18-7-6-8-19(2)25(18)33-11-12-34-26-21(14-23(28)15-24(26)29)13-22(16-30)27(32)31-17-20-9-4-3-5-10-20/h3-10,13-15H,11-12,17H2,1-2H3,(H,31,32). The Labute approximate surface area is 209 Å². The van der Waals surface area contributed by atoms with Crippen LogP contribution in [0.15, 0.2) is 66.2 Å². The number of carbonyl (C=O) groups is 1. The summed E-state index contributed by atoms with van der Waals surface area (Å²) >= 11 is 12.5. The molecule has 0 spiro atoms. The minimum absolute atomic E-state index is 0.0918. The van der Waals surface area contributed by atoms with Gasteiger partial charge in [-0.3, -0.25) is 4.79 Å². The van der Waals surface area contributed by atoms with Crippen LogP contribution < -0.4 is 14.8 Å². The number of carbonyl (C=O) groups excluding carboxylic acids is 1. The van der Waals surface area contributed by atoms with Crippen LogP contribution in [0.5, 0.6) is 11.5 Å². The first-order valence-corrected chi connectivity index (χ1v) is 11.4. The van der Waals surface area contributed by atoms with Gasteiger partial charge in [0.1, 0.15) is 36.4 Å². The summed E-state index contributed by atoms with van der Waals surface area (Å²) in [5.74, 6) is 0.627. The zero-order chi connectivity index (χ0) is 24.5. The maximum atomic E-state index is 12.6. The van der Waals surface area contributed by atoms with Crippen LogP contribution in [-0.4, -0.2) is 19.1 Å². The molecule has 0 fully saturated rings. The molecule has 0 bridgehead atoms. The van der Waals surface area contributed by atoms with Crippen LogP contribution in [0.4, 0.5) is 0 Å². The number of nitrogens with one attached hydrogen (secondary N) is 1. The van der Waals surface area contributed by atoms with Crippen molar-refractivity contribution in [3.05, 3.63) is 98.5 Å². The Balaban J connectivity index is 1.72. The van der Waals surface area contributed by atoms with Gasteiger partial charge in [0.25, 0.3) is 5.91 Å². The van der Waals surface area contributed by atoms with E-state index in [9.17, 15) is 10.1 Å². The van der Waals surface area contributed by atoms with Crippen LogP contribution in [0, 0.1) is 25.2 Å². The number of halogens is 2. The molecule has 7 heteroatoms. The molecule has 0 unspecified atom stereocenters. The Bertz CT molecular complexity index is 1210. The van der Waals surface area contributed by atoms with E-state index in [1.54, 1.807) is 12.1 Å². The van der Waals surface area contributed by atoms with Gasteiger partial charge < -0.3 is 14.8 Å². The number of amides is 1. The molecule has 0 aromatic heterocycles. The van der Waals surface area contributed by atoms with Crippen molar-refractivity contribution in [1.82, 2.24) is 5.32 Å². The fourth-order valence-electron chi connectivity index (χ4n) is 3.33. The Morgan fingerprint density at radius 1 is 0.971 bits per heavy atom. The monoisotopic (exact) mass is 494 g/mol. The van der Waals surface area contributed by atoms with E-state index in [0.717, 1.165) is 22.4 Å². The number of nitrogens with zero attached hydrogens (tertiary/aromatic N) is 1. The summed E-state index contributed by atoms with van der Waals surface area (Å²) in [6.07, 6.45) is 1.42. The summed E-state index contributed by atoms with van der Waals surface area (Å²) in [6, 6.07) is 20.4. The van der Waals surface area contributed by atoms with Gasteiger partial charge >= 0.3 is 0 Å². The van der Waals surface area contributed by atoms with E-state index in [1.807, 2.05) is 68.4 Å². The van der Waals surface area contributed by atoms with Crippen molar-refractivity contribution < 1.29 is 14.3 Å². The van der Waals surface area contributed by atoms with E-state index >= 15 is 0 Å². The minimum Gasteiger partial charge on any atom is -0.489 e. The lowest BCUT2D eigenvalue weighted by Gasteiger charge is -2.15. The van der Waals surface area contributed by atoms with Crippen molar-refractivity contribution >= 4 is 35.2 Å². The average molecular weight is 495 g/mol. The molecule has 1 N–H and O–H groups in total. The molecule has 5 nitrogen and oxygen atoms in total. The van der Waals surface area contributed by atoms with Crippen molar-refractivity contribution in [1.29, 1.82) is 5.26 Å². The fraction of sp³-hybridized carbons (Fsp3) is 0.185. The second kappa shape index (κ2) is 12.1. The van der Waals surface area contributed by atoms with E-state index in [0.29, 0.717) is 22.9 Å². The molecule has 0 heterocycles. The largest absolute Gasteiger partial charge is 0.489 e. The van der Waals surface area contributed by atoms with Crippen LogP contribution in [-0.2, 0) is 11.3 Å². The number of para-hydroxylation sites is 1. The van der Waals surface area contributed by atoms with Gasteiger partial charge in [-0.1, -0.05) is 71.7 Å². The van der Waals surface area contributed by atoms with Crippen LogP contribution in [0.25, 0.3) is 6.08 Å². The Kier molecular flexibility index (Phi) is 8.98. The van der Waals surface area contributed by atoms with Crippen LogP contribution in [0.1, 0.15) is 22.3 Å². The molecule has 0 aliphatic heterocycles. The highest BCUT2D eigenvalue weighted by Crippen LogP contribution is 2.34. The van der Waals surface area contributed by atoms with Crippen LogP contribution >= 0.6 is 23.2 Å². The molecule has 0 aliphatic carbocycles. The SMILES string of the molecule is Cc1cccc(C)c1OCCOc1c(Cl)cc(Cl)cc1C=C(C#N)C(=O)NCc1ccccc1. The summed E-state index contributed by atoms with van der Waals surface area (Å²) in [5.41, 5.74) is 3.33. The predicted molar refractivity (Wildman–Crippen MR) is 135 cm³/mol. The van der Waals surface area contributed by atoms with Crippen molar-refractivity contribution in [2.75, 3.05) is 13.2 Å². The Morgan fingerprint density at radius 3 is 2.26 bits per heavy atom. The van der Waals surface area contributed by atoms with Crippen molar-refractivity contribution in [2.45, 2.75) is 20.4 Å². The van der Waals surface area contributed by atoms with E-state index in [4.69, 9.17) is 32.7 Å². The first-order valence-electron chi connectivity index (χ1n) is 10.6. The number of benzene rings is 3. The smallest absolute Gasteiger partial charge is 0.262 e. The Morgan fingerprint density at radius 2 is 1.62 bits per heavy atom. The lowest BCUT2D eigenvalue weighted by molar-refractivity contribution is -0.117. The van der Waals surface area contributed by atoms with Crippen LogP contribution in [0.2, 0.25) is 10.0 Å². The zero-order valence-electron chi connectivity index (χ0n) is 18.9. The van der Waals surface area contributed by atoms with Gasteiger partial charge in [-0.25, -0.2) is 0 Å². The molecule has 0 saturated heterocycles. The molecule has 3 aromatic carbocycles. The molecule has 0 aliphatic rings. The van der Waals surface area contributed by atoms with Gasteiger partial charge in [-0.15, -0.1) is 0 Å². The third-order valence-corrected chi connectivity index (χ3v) is 5.48. The quantitative estimate of drug-likeness (QED) is 0.215. The average Bonchev–Trinajstić information content (AvgIpc) is 2.82. The van der Waals surface area contributed by atoms with Crippen molar-refractivity contribution in [3.63, 3.8) is 0 Å². The van der Waals surface area contributed by atoms with Gasteiger partial charge in [0.15, 0.2) is 0 Å². The first-order chi connectivity index (χ1) is 16.4. The molecule has 0 atom stereocenters. The molecule has 3 aromatic rings. The van der Waals surface area contributed by atoms with Crippen molar-refractivity contribution in [2.24, 2.45) is 0 Å². The van der Waals surface area contributed by atoms with E-state index in [1.165, 1.54) is 6.08 Å². The number of aryl methyl sites for hydroxylation is 2. The molecule has 0 saturated carbocycles. The summed E-state index contributed by atoms with van der Waals surface area (Å²) in [5, 5.41) is 12.9. The predicted octanol–water partition coefficient (Wildman–Crippen LogP) is 6.29. The molecule has 0 radical (unpaired) electrons. The lowest BCUT2D eigenvalue weighted by Crippen LogP contribution is -2.23. The van der Waals surface area contributed by atoms with E-state index in [-0.39, 0.29) is 23.8 Å². The van der Waals surface area contributed by atoms with Gasteiger partial charge in [0, 0.05) is 17.1 Å². The van der Waals surface area contributed by atoms with Crippen molar-refractivity contribution in [3.8, 4) is 17.6 Å². The highest BCUT2D eigenvalue weighted by molar-refractivity contribution is 6.36. The van der Waals surface area contributed by atoms with Gasteiger partial charge in [-0.2, -0.15) is 5.26 Å². The van der Waals surface area contributed by atoms with Gasteiger partial charge in [-0.05, 0) is 48.7 Å². The maximum Gasteiger partial charge on any atom is 0.262 e. The number of hydrogen-bond acceptors (Lipinski definition) is 4. The molecule has 3 rings (SSSR count). The van der Waals surface area contributed by atoms with Crippen LogP contribution in [0.3, 0.4) is 0 Å². The summed E-state index contributed by atoms with van der Waals surface area (Å²) in [6.45, 7) is 4.76. The molecule has 174 valence electrons. The third kappa shape index (κ3) is 6.77. The molecule has 1 amide bonds. The second-order valence-corrected chi connectivity index (χ2v) is 8.41. The number of ether oxygens (including phenoxy) is 2. The molecular weight excluding hydrogens is 471 g/mol. The van der Waals surface area contributed by atoms with Gasteiger partial charge in [0.05, 0.1) is 5.02 Å². The summed E-state index contributed by atoms with van der Waals surface area (Å²) in [7, 11) is 0. The second-order valence-electron chi connectivity index (χ2n) is 7.56. The number of nitriles is 1. The third-order valence-electron chi connectivity index (χ3n) is 4.98. The highest BCUT2D eigenvalue weighted by Gasteiger charge is 2.14. The fourth-order valence-corrected chi connectivity index (χ4v) is 3.90. The normalized spacial score (nSPS) is 11.0. The van der Waals surface area contributed by atoms with Gasteiger partial charge in [0.2, 0.25) is 0 Å². The lowest BCUT2D eigenvalue weighted by atomic mass is 10.1. The van der Waals surface area contributed by atoms with E-state index < -0.39 is 5.91 Å². The molecular formula is C27H24Cl2N2O3. The topological polar surface area (TPSA) is 71.3 Å². The first kappa shape index (κ1) is 25.2.